The number of rotatable bonds is 2. The van der Waals surface area contributed by atoms with Crippen LogP contribution in [0.4, 0.5) is 13.2 Å². The van der Waals surface area contributed by atoms with E-state index in [1.807, 2.05) is 18.2 Å². The number of nitrogens with zero attached hydrogens (tertiary/aromatic N) is 2. The summed E-state index contributed by atoms with van der Waals surface area (Å²) in [6.45, 7) is 4.20. The van der Waals surface area contributed by atoms with Crippen molar-refractivity contribution in [3.05, 3.63) is 95.5 Å². The van der Waals surface area contributed by atoms with Crippen molar-refractivity contribution in [2.45, 2.75) is 25.4 Å². The molecule has 0 bridgehead atoms. The van der Waals surface area contributed by atoms with Gasteiger partial charge in [0.15, 0.2) is 0 Å². The van der Waals surface area contributed by atoms with Gasteiger partial charge in [-0.05, 0) is 42.0 Å². The van der Waals surface area contributed by atoms with Crippen molar-refractivity contribution >= 4 is 5.70 Å². The van der Waals surface area contributed by atoms with E-state index < -0.39 is 11.7 Å². The average molecular weight is 392 g/mol. The van der Waals surface area contributed by atoms with E-state index in [1.165, 1.54) is 23.3 Å². The Bertz CT molecular complexity index is 1120. The van der Waals surface area contributed by atoms with Gasteiger partial charge in [-0.1, -0.05) is 54.6 Å². The zero-order valence-corrected chi connectivity index (χ0v) is 15.7. The number of halogens is 3. The molecule has 1 atom stereocenters. The second-order valence-electron chi connectivity index (χ2n) is 7.74. The van der Waals surface area contributed by atoms with Crippen molar-refractivity contribution in [3.8, 4) is 11.3 Å². The molecule has 2 nitrogen and oxygen atoms in total. The third-order valence-electron chi connectivity index (χ3n) is 5.82. The summed E-state index contributed by atoms with van der Waals surface area (Å²) >= 11 is 0. The first-order valence-electron chi connectivity index (χ1n) is 9.61. The highest BCUT2D eigenvalue weighted by Gasteiger charge is 2.35. The van der Waals surface area contributed by atoms with Crippen molar-refractivity contribution in [3.63, 3.8) is 0 Å². The highest BCUT2D eigenvalue weighted by atomic mass is 19.4. The van der Waals surface area contributed by atoms with Crippen LogP contribution in [0.2, 0.25) is 0 Å². The van der Waals surface area contributed by atoms with Crippen LogP contribution in [0.25, 0.3) is 17.0 Å². The van der Waals surface area contributed by atoms with Gasteiger partial charge in [0, 0.05) is 12.0 Å². The molecule has 1 fully saturated rings. The molecule has 5 rings (SSSR count). The van der Waals surface area contributed by atoms with Crippen LogP contribution in [-0.2, 0) is 12.6 Å². The molecule has 1 unspecified atom stereocenters. The lowest BCUT2D eigenvalue weighted by Crippen LogP contribution is -2.19. The smallest absolute Gasteiger partial charge is 0.296 e. The maximum absolute atomic E-state index is 13.0. The van der Waals surface area contributed by atoms with Crippen molar-refractivity contribution in [1.29, 1.82) is 0 Å². The van der Waals surface area contributed by atoms with Crippen LogP contribution in [0.15, 0.2) is 78.5 Å². The molecule has 0 saturated heterocycles. The molecule has 1 aliphatic carbocycles. The maximum atomic E-state index is 13.0. The largest absolute Gasteiger partial charge is 0.416 e. The summed E-state index contributed by atoms with van der Waals surface area (Å²) in [6, 6.07) is 15.5. The number of alkyl halides is 3. The first-order chi connectivity index (χ1) is 13.9. The van der Waals surface area contributed by atoms with Crippen LogP contribution in [0.5, 0.6) is 0 Å². The van der Waals surface area contributed by atoms with Crippen LogP contribution in [0.3, 0.4) is 0 Å². The Morgan fingerprint density at radius 2 is 1.66 bits per heavy atom. The van der Waals surface area contributed by atoms with Gasteiger partial charge in [0.05, 0.1) is 23.2 Å². The van der Waals surface area contributed by atoms with Crippen LogP contribution < -0.4 is 0 Å². The fourth-order valence-electron chi connectivity index (χ4n) is 4.52. The summed E-state index contributed by atoms with van der Waals surface area (Å²) in [5, 5.41) is 0. The first-order valence-corrected chi connectivity index (χ1v) is 9.61. The molecule has 1 saturated carbocycles. The number of benzene rings is 2. The van der Waals surface area contributed by atoms with E-state index in [4.69, 9.17) is 0 Å². The number of imidazole rings is 1. The fraction of sp³-hybridized carbons (Fsp3) is 0.208. The van der Waals surface area contributed by atoms with Crippen molar-refractivity contribution in [1.82, 2.24) is 9.55 Å². The molecule has 0 radical (unpaired) electrons. The number of aromatic nitrogens is 2. The molecule has 29 heavy (non-hydrogen) atoms. The quantitative estimate of drug-likeness (QED) is 0.465. The lowest BCUT2D eigenvalue weighted by atomic mass is 9.90. The van der Waals surface area contributed by atoms with Gasteiger partial charge in [-0.15, -0.1) is 0 Å². The first kappa shape index (κ1) is 18.0. The minimum absolute atomic E-state index is 0.396. The Kier molecular flexibility index (Phi) is 4.02. The van der Waals surface area contributed by atoms with Gasteiger partial charge in [-0.2, -0.15) is 13.2 Å². The van der Waals surface area contributed by atoms with Gasteiger partial charge in [0.1, 0.15) is 5.82 Å². The zero-order valence-electron chi connectivity index (χ0n) is 15.7. The molecule has 2 aliphatic rings. The Morgan fingerprint density at radius 3 is 2.34 bits per heavy atom. The molecule has 1 aliphatic heterocycles. The number of hydrogen-bond acceptors (Lipinski definition) is 1. The second-order valence-corrected chi connectivity index (χ2v) is 7.74. The van der Waals surface area contributed by atoms with Crippen LogP contribution in [0, 0.1) is 5.92 Å². The van der Waals surface area contributed by atoms with Gasteiger partial charge >= 0.3 is 6.18 Å². The summed E-state index contributed by atoms with van der Waals surface area (Å²) in [5.74, 6) is 1.34. The van der Waals surface area contributed by atoms with Gasteiger partial charge < -0.3 is 0 Å². The highest BCUT2D eigenvalue weighted by molar-refractivity contribution is 5.78. The summed E-state index contributed by atoms with van der Waals surface area (Å²) in [7, 11) is 0. The molecule has 2 aromatic carbocycles. The molecular formula is C24H19F3N2. The Balaban J connectivity index is 1.68. The predicted molar refractivity (Wildman–Crippen MR) is 107 cm³/mol. The molecule has 5 heteroatoms. The van der Waals surface area contributed by atoms with Gasteiger partial charge in [0.2, 0.25) is 0 Å². The maximum Gasteiger partial charge on any atom is 0.416 e. The molecule has 3 aromatic rings. The van der Waals surface area contributed by atoms with E-state index in [9.17, 15) is 13.2 Å². The van der Waals surface area contributed by atoms with E-state index in [-0.39, 0.29) is 0 Å². The van der Waals surface area contributed by atoms with Gasteiger partial charge in [-0.3, -0.25) is 4.57 Å². The monoisotopic (exact) mass is 392 g/mol. The standard InChI is InChI=1S/C24H19F3N2/c1-15-11-18-13-22-28-14-21(16-7-9-19(10-8-16)24(25,26)27)29(22)23(20(18)12-15)17-5-3-2-4-6-17/h2-10,14,18H,1,11-13H2. The SMILES string of the molecule is C=C1CC2=C(c3ccccc3)n3c(-c4ccc(C(F)(F)F)cc4)cnc3CC2C1. The molecule has 0 N–H and O–H groups in total. The zero-order chi connectivity index (χ0) is 20.2. The summed E-state index contributed by atoms with van der Waals surface area (Å²) in [6.07, 6.45) is 0.0830. The third-order valence-corrected chi connectivity index (χ3v) is 5.82. The Hall–Kier alpha value is -3.08. The lowest BCUT2D eigenvalue weighted by molar-refractivity contribution is -0.137. The average Bonchev–Trinajstić information content (AvgIpc) is 3.28. The summed E-state index contributed by atoms with van der Waals surface area (Å²) in [4.78, 5) is 4.64. The van der Waals surface area contributed by atoms with E-state index in [0.717, 1.165) is 59.7 Å². The van der Waals surface area contributed by atoms with E-state index in [1.54, 1.807) is 6.20 Å². The molecule has 1 aromatic heterocycles. The molecule has 0 spiro atoms. The molecular weight excluding hydrogens is 373 g/mol. The number of allylic oxidation sites excluding steroid dienone is 2. The van der Waals surface area contributed by atoms with E-state index in [2.05, 4.69) is 28.3 Å². The van der Waals surface area contributed by atoms with Gasteiger partial charge in [-0.25, -0.2) is 4.98 Å². The predicted octanol–water partition coefficient (Wildman–Crippen LogP) is 6.35. The Labute approximate surface area is 167 Å². The van der Waals surface area contributed by atoms with Crippen LogP contribution in [0.1, 0.15) is 29.8 Å². The fourth-order valence-corrected chi connectivity index (χ4v) is 4.52. The number of fused-ring (bicyclic) bond motifs is 2. The van der Waals surface area contributed by atoms with Crippen molar-refractivity contribution < 1.29 is 13.2 Å². The lowest BCUT2D eigenvalue weighted by Gasteiger charge is -2.27. The van der Waals surface area contributed by atoms with E-state index in [0.29, 0.717) is 5.92 Å². The summed E-state index contributed by atoms with van der Waals surface area (Å²) in [5.41, 5.74) is 5.66. The Morgan fingerprint density at radius 1 is 0.931 bits per heavy atom. The summed E-state index contributed by atoms with van der Waals surface area (Å²) < 4.78 is 41.0. The van der Waals surface area contributed by atoms with Crippen LogP contribution in [-0.4, -0.2) is 9.55 Å². The molecule has 2 heterocycles. The van der Waals surface area contributed by atoms with Gasteiger partial charge in [0.25, 0.3) is 0 Å². The molecule has 146 valence electrons. The van der Waals surface area contributed by atoms with Crippen molar-refractivity contribution in [2.24, 2.45) is 5.92 Å². The number of hydrogen-bond donors (Lipinski definition) is 0. The third kappa shape index (κ3) is 3.01. The minimum Gasteiger partial charge on any atom is -0.296 e. The minimum atomic E-state index is -4.34. The van der Waals surface area contributed by atoms with Crippen molar-refractivity contribution in [2.75, 3.05) is 0 Å². The molecule has 0 amide bonds. The highest BCUT2D eigenvalue weighted by Crippen LogP contribution is 2.46. The van der Waals surface area contributed by atoms with E-state index >= 15 is 0 Å². The normalized spacial score (nSPS) is 18.7. The van der Waals surface area contributed by atoms with Crippen LogP contribution >= 0.6 is 0 Å². The topological polar surface area (TPSA) is 17.8 Å². The second kappa shape index (κ2) is 6.48.